The number of amidine groups is 1. The molecule has 158 valence electrons. The Hall–Kier alpha value is -2.31. The number of carbonyl (C=O) groups excluding carboxylic acids is 2. The van der Waals surface area contributed by atoms with Crippen molar-refractivity contribution in [3.8, 4) is 0 Å². The lowest BCUT2D eigenvalue weighted by atomic mass is 10.1. The number of thioether (sulfide) groups is 1. The van der Waals surface area contributed by atoms with E-state index in [1.54, 1.807) is 23.1 Å². The van der Waals surface area contributed by atoms with Gasteiger partial charge in [0, 0.05) is 23.7 Å². The average molecular weight is 444 g/mol. The highest BCUT2D eigenvalue weighted by atomic mass is 35.5. The van der Waals surface area contributed by atoms with Crippen molar-refractivity contribution >= 4 is 51.7 Å². The zero-order valence-corrected chi connectivity index (χ0v) is 19.2. The Labute approximate surface area is 186 Å². The third-order valence-electron chi connectivity index (χ3n) is 4.74. The molecular weight excluding hydrogens is 418 g/mol. The highest BCUT2D eigenvalue weighted by molar-refractivity contribution is 8.15. The Bertz CT molecular complexity index is 973. The van der Waals surface area contributed by atoms with Gasteiger partial charge in [-0.1, -0.05) is 61.0 Å². The van der Waals surface area contributed by atoms with E-state index in [4.69, 9.17) is 11.6 Å². The van der Waals surface area contributed by atoms with Crippen molar-refractivity contribution in [3.63, 3.8) is 0 Å². The van der Waals surface area contributed by atoms with Crippen molar-refractivity contribution in [3.05, 3.63) is 58.6 Å². The van der Waals surface area contributed by atoms with Crippen LogP contribution >= 0.6 is 23.4 Å². The van der Waals surface area contributed by atoms with Gasteiger partial charge in [-0.15, -0.1) is 0 Å². The van der Waals surface area contributed by atoms with Crippen LogP contribution in [0, 0.1) is 19.8 Å². The number of anilines is 1. The smallest absolute Gasteiger partial charge is 0.242 e. The van der Waals surface area contributed by atoms with Crippen molar-refractivity contribution in [1.29, 1.82) is 0 Å². The van der Waals surface area contributed by atoms with Crippen molar-refractivity contribution in [2.24, 2.45) is 10.9 Å². The van der Waals surface area contributed by atoms with E-state index < -0.39 is 5.25 Å². The van der Waals surface area contributed by atoms with E-state index in [-0.39, 0.29) is 18.2 Å². The van der Waals surface area contributed by atoms with Gasteiger partial charge in [0.15, 0.2) is 5.17 Å². The van der Waals surface area contributed by atoms with Gasteiger partial charge in [-0.2, -0.15) is 0 Å². The van der Waals surface area contributed by atoms with Crippen LogP contribution in [0.4, 0.5) is 11.4 Å². The highest BCUT2D eigenvalue weighted by Gasteiger charge is 2.39. The molecule has 7 heteroatoms. The van der Waals surface area contributed by atoms with E-state index in [9.17, 15) is 9.59 Å². The average Bonchev–Trinajstić information content (AvgIpc) is 2.95. The summed E-state index contributed by atoms with van der Waals surface area (Å²) in [7, 11) is 0. The van der Waals surface area contributed by atoms with E-state index in [1.807, 2.05) is 38.1 Å². The first-order valence-corrected chi connectivity index (χ1v) is 11.2. The molecule has 2 amide bonds. The minimum absolute atomic E-state index is 0.0717. The highest BCUT2D eigenvalue weighted by Crippen LogP contribution is 2.33. The molecule has 0 saturated carbocycles. The lowest BCUT2D eigenvalue weighted by molar-refractivity contribution is -0.128. The molecule has 1 atom stereocenters. The maximum Gasteiger partial charge on any atom is 0.242 e. The molecule has 1 aliphatic heterocycles. The van der Waals surface area contributed by atoms with E-state index in [1.165, 1.54) is 11.8 Å². The maximum absolute atomic E-state index is 13.0. The summed E-state index contributed by atoms with van der Waals surface area (Å²) >= 11 is 7.49. The standard InChI is InChI=1S/C23H26ClN3O2S/c1-14(2)13-27-22(29)20(30-23(27)25-17-10-8-15(3)9-11-17)12-21(28)26-19-7-5-6-18(24)16(19)4/h5-11,14,20H,12-13H2,1-4H3,(H,26,28). The summed E-state index contributed by atoms with van der Waals surface area (Å²) in [5, 5.41) is 3.62. The van der Waals surface area contributed by atoms with Gasteiger partial charge in [0.2, 0.25) is 11.8 Å². The Morgan fingerprint density at radius 2 is 1.90 bits per heavy atom. The first-order chi connectivity index (χ1) is 14.2. The maximum atomic E-state index is 13.0. The molecular formula is C23H26ClN3O2S. The van der Waals surface area contributed by atoms with Gasteiger partial charge in [0.1, 0.15) is 5.25 Å². The van der Waals surface area contributed by atoms with Crippen LogP contribution < -0.4 is 5.32 Å². The molecule has 2 aromatic carbocycles. The number of benzene rings is 2. The molecule has 0 bridgehead atoms. The first-order valence-electron chi connectivity index (χ1n) is 9.93. The van der Waals surface area contributed by atoms with Crippen LogP contribution in [0.15, 0.2) is 47.5 Å². The molecule has 5 nitrogen and oxygen atoms in total. The summed E-state index contributed by atoms with van der Waals surface area (Å²) in [5.74, 6) is 0.00396. The zero-order chi connectivity index (χ0) is 21.8. The number of aliphatic imine (C=N–C) groups is 1. The Balaban J connectivity index is 1.76. The number of halogens is 1. The molecule has 1 N–H and O–H groups in total. The molecule has 0 aromatic heterocycles. The van der Waals surface area contributed by atoms with Crippen LogP contribution in [0.5, 0.6) is 0 Å². The summed E-state index contributed by atoms with van der Waals surface area (Å²) in [6.45, 7) is 8.56. The van der Waals surface area contributed by atoms with Gasteiger partial charge in [-0.05, 0) is 49.6 Å². The van der Waals surface area contributed by atoms with Crippen LogP contribution in [0.1, 0.15) is 31.4 Å². The lowest BCUT2D eigenvalue weighted by Crippen LogP contribution is -2.36. The Morgan fingerprint density at radius 3 is 2.57 bits per heavy atom. The van der Waals surface area contributed by atoms with Crippen molar-refractivity contribution in [2.45, 2.75) is 39.4 Å². The minimum atomic E-state index is -0.493. The predicted molar refractivity (Wildman–Crippen MR) is 126 cm³/mol. The fourth-order valence-corrected chi connectivity index (χ4v) is 4.44. The molecule has 0 radical (unpaired) electrons. The van der Waals surface area contributed by atoms with Gasteiger partial charge < -0.3 is 5.32 Å². The zero-order valence-electron chi connectivity index (χ0n) is 17.6. The number of carbonyl (C=O) groups is 2. The third-order valence-corrected chi connectivity index (χ3v) is 6.32. The van der Waals surface area contributed by atoms with Crippen LogP contribution in [0.2, 0.25) is 5.02 Å². The molecule has 1 aliphatic rings. The third kappa shape index (κ3) is 5.43. The fourth-order valence-electron chi connectivity index (χ4n) is 3.10. The number of hydrogen-bond donors (Lipinski definition) is 1. The monoisotopic (exact) mass is 443 g/mol. The van der Waals surface area contributed by atoms with Crippen LogP contribution in [-0.2, 0) is 9.59 Å². The van der Waals surface area contributed by atoms with Gasteiger partial charge >= 0.3 is 0 Å². The SMILES string of the molecule is Cc1ccc(N=C2SC(CC(=O)Nc3cccc(Cl)c3C)C(=O)N2CC(C)C)cc1. The Morgan fingerprint density at radius 1 is 1.20 bits per heavy atom. The number of aryl methyl sites for hydroxylation is 1. The summed E-state index contributed by atoms with van der Waals surface area (Å²) in [4.78, 5) is 32.1. The topological polar surface area (TPSA) is 61.8 Å². The van der Waals surface area contributed by atoms with Crippen LogP contribution in [0.25, 0.3) is 0 Å². The molecule has 1 unspecified atom stereocenters. The summed E-state index contributed by atoms with van der Waals surface area (Å²) < 4.78 is 0. The first kappa shape index (κ1) is 22.4. The van der Waals surface area contributed by atoms with Gasteiger partial charge in [-0.25, -0.2) is 4.99 Å². The molecule has 1 saturated heterocycles. The van der Waals surface area contributed by atoms with Crippen LogP contribution in [0.3, 0.4) is 0 Å². The molecule has 1 fully saturated rings. The number of nitrogens with zero attached hydrogens (tertiary/aromatic N) is 2. The van der Waals surface area contributed by atoms with E-state index >= 15 is 0 Å². The number of amides is 2. The fraction of sp³-hybridized carbons (Fsp3) is 0.348. The molecule has 0 spiro atoms. The second kappa shape index (κ2) is 9.67. The van der Waals surface area contributed by atoms with Gasteiger partial charge in [-0.3, -0.25) is 14.5 Å². The van der Waals surface area contributed by atoms with E-state index in [0.29, 0.717) is 28.3 Å². The Kier molecular flexibility index (Phi) is 7.21. The van der Waals surface area contributed by atoms with Gasteiger partial charge in [0.05, 0.1) is 5.69 Å². The lowest BCUT2D eigenvalue weighted by Gasteiger charge is -2.18. The minimum Gasteiger partial charge on any atom is -0.326 e. The second-order valence-corrected chi connectivity index (χ2v) is 9.42. The predicted octanol–water partition coefficient (Wildman–Crippen LogP) is 5.57. The van der Waals surface area contributed by atoms with Crippen molar-refractivity contribution in [1.82, 2.24) is 4.90 Å². The summed E-state index contributed by atoms with van der Waals surface area (Å²) in [5.41, 5.74) is 3.42. The summed E-state index contributed by atoms with van der Waals surface area (Å²) in [6.07, 6.45) is 0.0803. The van der Waals surface area contributed by atoms with E-state index in [0.717, 1.165) is 16.8 Å². The van der Waals surface area contributed by atoms with Gasteiger partial charge in [0.25, 0.3) is 0 Å². The second-order valence-electron chi connectivity index (χ2n) is 7.84. The molecule has 0 aliphatic carbocycles. The molecule has 30 heavy (non-hydrogen) atoms. The van der Waals surface area contributed by atoms with E-state index in [2.05, 4.69) is 24.2 Å². The van der Waals surface area contributed by atoms with Crippen molar-refractivity contribution in [2.75, 3.05) is 11.9 Å². The van der Waals surface area contributed by atoms with Crippen LogP contribution in [-0.4, -0.2) is 33.7 Å². The normalized spacial score (nSPS) is 17.8. The number of hydrogen-bond acceptors (Lipinski definition) is 4. The molecule has 2 aromatic rings. The summed E-state index contributed by atoms with van der Waals surface area (Å²) in [6, 6.07) is 13.2. The quantitative estimate of drug-likeness (QED) is 0.634. The number of nitrogens with one attached hydrogen (secondary N) is 1. The number of rotatable bonds is 6. The molecule has 1 heterocycles. The van der Waals surface area contributed by atoms with Crippen molar-refractivity contribution < 1.29 is 9.59 Å². The molecule has 3 rings (SSSR count). The largest absolute Gasteiger partial charge is 0.326 e.